The summed E-state index contributed by atoms with van der Waals surface area (Å²) in [7, 11) is -3.13. The number of aromatic nitrogens is 1. The largest absolute Gasteiger partial charge is 0.395 e. The van der Waals surface area contributed by atoms with E-state index in [1.807, 2.05) is 0 Å². The summed E-state index contributed by atoms with van der Waals surface area (Å²) in [5, 5.41) is 10.7. The van der Waals surface area contributed by atoms with Gasteiger partial charge in [-0.05, 0) is 31.0 Å². The van der Waals surface area contributed by atoms with Gasteiger partial charge in [-0.3, -0.25) is 4.79 Å². The Bertz CT molecular complexity index is 1180. The van der Waals surface area contributed by atoms with Crippen LogP contribution in [0.1, 0.15) is 28.9 Å². The highest BCUT2D eigenvalue weighted by molar-refractivity contribution is 7.91. The van der Waals surface area contributed by atoms with Crippen LogP contribution >= 0.6 is 11.6 Å². The first-order valence-corrected chi connectivity index (χ1v) is 10.5. The molecule has 0 unspecified atom stereocenters. The van der Waals surface area contributed by atoms with E-state index < -0.39 is 48.8 Å². The van der Waals surface area contributed by atoms with E-state index in [0.29, 0.717) is 0 Å². The maximum Gasteiger partial charge on any atom is 0.395 e. The van der Waals surface area contributed by atoms with E-state index in [0.717, 1.165) is 22.9 Å². The van der Waals surface area contributed by atoms with Gasteiger partial charge in [-0.15, -0.1) is 0 Å². The van der Waals surface area contributed by atoms with Crippen LogP contribution in [0.4, 0.5) is 23.2 Å². The third-order valence-corrected chi connectivity index (χ3v) is 7.31. The Morgan fingerprint density at radius 1 is 1.37 bits per heavy atom. The second-order valence-corrected chi connectivity index (χ2v) is 9.40. The van der Waals surface area contributed by atoms with Crippen molar-refractivity contribution in [3.63, 3.8) is 0 Å². The average molecular weight is 464 g/mol. The number of rotatable bonds is 5. The lowest BCUT2D eigenvalue weighted by Crippen LogP contribution is -2.32. The van der Waals surface area contributed by atoms with Crippen molar-refractivity contribution in [2.24, 2.45) is 12.5 Å². The molecule has 0 aliphatic heterocycles. The summed E-state index contributed by atoms with van der Waals surface area (Å²) < 4.78 is 79.2. The number of halogens is 5. The van der Waals surface area contributed by atoms with Crippen LogP contribution in [0.2, 0.25) is 5.02 Å². The van der Waals surface area contributed by atoms with Crippen LogP contribution in [-0.4, -0.2) is 30.8 Å². The topological polar surface area (TPSA) is 92.0 Å². The van der Waals surface area contributed by atoms with E-state index in [1.54, 1.807) is 6.07 Å². The molecule has 1 saturated carbocycles. The molecule has 1 N–H and O–H groups in total. The number of amides is 1. The molecule has 6 nitrogen and oxygen atoms in total. The van der Waals surface area contributed by atoms with Gasteiger partial charge >= 0.3 is 6.18 Å². The number of nitrogens with zero attached hydrogens (tertiary/aromatic N) is 2. The quantitative estimate of drug-likeness (QED) is 0.677. The SMILES string of the molecule is Cn1cc(S(=O)(=O)CC2(C(F)(F)F)CC2)c(Cl)c1C(=O)Nc1ccc(F)c(C#N)c1. The molecule has 2 aromatic rings. The number of benzene rings is 1. The molecule has 1 aromatic heterocycles. The lowest BCUT2D eigenvalue weighted by molar-refractivity contribution is -0.180. The zero-order chi connectivity index (χ0) is 22.5. The van der Waals surface area contributed by atoms with E-state index in [-0.39, 0.29) is 29.8 Å². The molecular formula is C18H14ClF4N3O3S. The summed E-state index contributed by atoms with van der Waals surface area (Å²) in [5.41, 5.74) is -2.88. The minimum absolute atomic E-state index is 0.0497. The second-order valence-electron chi connectivity index (χ2n) is 7.06. The third kappa shape index (κ3) is 3.89. The van der Waals surface area contributed by atoms with Crippen molar-refractivity contribution in [2.45, 2.75) is 23.9 Å². The molecule has 0 spiro atoms. The first-order valence-electron chi connectivity index (χ1n) is 8.47. The standard InChI is InChI=1S/C18H14ClF4N3O3S/c1-26-8-13(30(28,29)9-17(4-5-17)18(21,22)23)14(19)15(26)16(27)25-11-2-3-12(20)10(6-11)7-24/h2-3,6,8H,4-5,9H2,1H3,(H,25,27). The molecule has 1 fully saturated rings. The number of aryl methyl sites for hydroxylation is 1. The fourth-order valence-electron chi connectivity index (χ4n) is 3.03. The zero-order valence-electron chi connectivity index (χ0n) is 15.3. The molecule has 1 aliphatic carbocycles. The summed E-state index contributed by atoms with van der Waals surface area (Å²) in [4.78, 5) is 12.0. The Balaban J connectivity index is 1.90. The molecule has 0 radical (unpaired) electrons. The molecule has 0 saturated heterocycles. The van der Waals surface area contributed by atoms with Crippen LogP contribution < -0.4 is 5.32 Å². The summed E-state index contributed by atoms with van der Waals surface area (Å²) in [6.07, 6.45) is -4.27. The number of alkyl halides is 3. The molecule has 12 heteroatoms. The number of hydrogen-bond acceptors (Lipinski definition) is 4. The van der Waals surface area contributed by atoms with Crippen LogP contribution in [0.5, 0.6) is 0 Å². The lowest BCUT2D eigenvalue weighted by Gasteiger charge is -2.18. The average Bonchev–Trinajstić information content (AvgIpc) is 3.34. The second kappa shape index (κ2) is 7.28. The van der Waals surface area contributed by atoms with Crippen LogP contribution in [0, 0.1) is 22.6 Å². The number of anilines is 1. The van der Waals surface area contributed by atoms with Gasteiger partial charge in [0.25, 0.3) is 5.91 Å². The normalized spacial score (nSPS) is 15.5. The van der Waals surface area contributed by atoms with Gasteiger partial charge in [-0.2, -0.15) is 18.4 Å². The highest BCUT2D eigenvalue weighted by atomic mass is 35.5. The van der Waals surface area contributed by atoms with Gasteiger partial charge in [0.1, 0.15) is 22.5 Å². The lowest BCUT2D eigenvalue weighted by atomic mass is 10.1. The van der Waals surface area contributed by atoms with Crippen molar-refractivity contribution in [3.8, 4) is 6.07 Å². The Kier molecular flexibility index (Phi) is 5.37. The first-order chi connectivity index (χ1) is 13.8. The molecule has 1 amide bonds. The number of sulfone groups is 1. The Hall–Kier alpha value is -2.58. The minimum atomic E-state index is -4.66. The number of carbonyl (C=O) groups is 1. The van der Waals surface area contributed by atoms with Crippen molar-refractivity contribution in [1.82, 2.24) is 4.57 Å². The van der Waals surface area contributed by atoms with E-state index in [4.69, 9.17) is 16.9 Å². The number of hydrogen-bond donors (Lipinski definition) is 1. The zero-order valence-corrected chi connectivity index (χ0v) is 16.9. The van der Waals surface area contributed by atoms with Gasteiger partial charge in [-0.1, -0.05) is 11.6 Å². The molecule has 3 rings (SSSR count). The highest BCUT2D eigenvalue weighted by Crippen LogP contribution is 2.58. The highest BCUT2D eigenvalue weighted by Gasteiger charge is 2.65. The monoisotopic (exact) mass is 463 g/mol. The molecule has 1 aromatic carbocycles. The Morgan fingerprint density at radius 3 is 2.53 bits per heavy atom. The fraction of sp³-hybridized carbons (Fsp3) is 0.333. The van der Waals surface area contributed by atoms with Crippen molar-refractivity contribution in [2.75, 3.05) is 11.1 Å². The molecule has 30 heavy (non-hydrogen) atoms. The molecule has 1 heterocycles. The first kappa shape index (κ1) is 22.1. The van der Waals surface area contributed by atoms with E-state index in [1.165, 1.54) is 13.1 Å². The van der Waals surface area contributed by atoms with Crippen LogP contribution in [0.25, 0.3) is 0 Å². The maximum absolute atomic E-state index is 13.4. The smallest absolute Gasteiger partial charge is 0.344 e. The number of nitriles is 1. The number of nitrogens with one attached hydrogen (secondary N) is 1. The predicted molar refractivity (Wildman–Crippen MR) is 99.3 cm³/mol. The van der Waals surface area contributed by atoms with E-state index >= 15 is 0 Å². The summed E-state index contributed by atoms with van der Waals surface area (Å²) >= 11 is 6.07. The van der Waals surface area contributed by atoms with Gasteiger partial charge < -0.3 is 9.88 Å². The van der Waals surface area contributed by atoms with Gasteiger partial charge in [0.05, 0.1) is 21.8 Å². The molecule has 160 valence electrons. The summed E-state index contributed by atoms with van der Waals surface area (Å²) in [6.45, 7) is 0. The molecule has 0 bridgehead atoms. The minimum Gasteiger partial charge on any atom is -0.344 e. The maximum atomic E-state index is 13.4. The van der Waals surface area contributed by atoms with Gasteiger partial charge in [0.15, 0.2) is 9.84 Å². The summed E-state index contributed by atoms with van der Waals surface area (Å²) in [6, 6.07) is 4.82. The Labute approximate surface area is 174 Å². The molecule has 1 aliphatic rings. The van der Waals surface area contributed by atoms with E-state index in [2.05, 4.69) is 5.32 Å². The molecular weight excluding hydrogens is 450 g/mol. The van der Waals surface area contributed by atoms with Crippen LogP contribution in [0.3, 0.4) is 0 Å². The Morgan fingerprint density at radius 2 is 2.00 bits per heavy atom. The van der Waals surface area contributed by atoms with Crippen LogP contribution in [-0.2, 0) is 16.9 Å². The summed E-state index contributed by atoms with van der Waals surface area (Å²) in [5.74, 6) is -2.83. The van der Waals surface area contributed by atoms with Crippen molar-refractivity contribution in [1.29, 1.82) is 5.26 Å². The van der Waals surface area contributed by atoms with Crippen LogP contribution in [0.15, 0.2) is 29.3 Å². The van der Waals surface area contributed by atoms with Gasteiger partial charge in [0.2, 0.25) is 0 Å². The molecule has 0 atom stereocenters. The van der Waals surface area contributed by atoms with Crippen molar-refractivity contribution in [3.05, 3.63) is 46.5 Å². The fourth-order valence-corrected chi connectivity index (χ4v) is 5.67. The number of carbonyl (C=O) groups excluding carboxylic acids is 1. The van der Waals surface area contributed by atoms with E-state index in [9.17, 15) is 30.8 Å². The van der Waals surface area contributed by atoms with Crippen molar-refractivity contribution < 1.29 is 30.8 Å². The predicted octanol–water partition coefficient (Wildman–Crippen LogP) is 4.06. The van der Waals surface area contributed by atoms with Gasteiger partial charge in [-0.25, -0.2) is 12.8 Å². The van der Waals surface area contributed by atoms with Gasteiger partial charge in [0, 0.05) is 18.9 Å². The van der Waals surface area contributed by atoms with Crippen molar-refractivity contribution >= 4 is 33.0 Å². The third-order valence-electron chi connectivity index (χ3n) is 4.90.